The molecule has 0 aliphatic carbocycles. The normalized spacial score (nSPS) is 15.4. The highest BCUT2D eigenvalue weighted by molar-refractivity contribution is 4.68. The van der Waals surface area contributed by atoms with Crippen LogP contribution in [0.4, 0.5) is 0 Å². The van der Waals surface area contributed by atoms with Crippen molar-refractivity contribution in [3.63, 3.8) is 0 Å². The topological polar surface area (TPSA) is 129 Å². The molecule has 172 valence electrons. The van der Waals surface area contributed by atoms with Gasteiger partial charge in [-0.15, -0.1) is 0 Å². The molecule has 8 N–H and O–H groups in total. The molecule has 4 atom stereocenters. The maximum Gasteiger partial charge on any atom is 0.0584 e. The van der Waals surface area contributed by atoms with Crippen molar-refractivity contribution < 1.29 is 20.4 Å². The monoisotopic (exact) mass is 408 g/mol. The van der Waals surface area contributed by atoms with Gasteiger partial charge in [0.2, 0.25) is 0 Å². The van der Waals surface area contributed by atoms with Crippen LogP contribution in [-0.2, 0) is 0 Å². The Balaban J connectivity index is 0. The summed E-state index contributed by atoms with van der Waals surface area (Å²) in [6, 6.07) is 0.800. The second-order valence-corrected chi connectivity index (χ2v) is 6.97. The SMILES string of the molecule is CC[C@@H](CO)NCCN[C@@H](CC)CO.CC[C@@H](CO)NCCN[C@@H](CC)CO. The minimum absolute atomic E-state index is 0.188. The molecule has 0 aromatic heterocycles. The predicted molar refractivity (Wildman–Crippen MR) is 117 cm³/mol. The lowest BCUT2D eigenvalue weighted by Crippen LogP contribution is -2.40. The van der Waals surface area contributed by atoms with Gasteiger partial charge >= 0.3 is 0 Å². The average Bonchev–Trinajstić information content (AvgIpc) is 2.74. The van der Waals surface area contributed by atoms with Crippen LogP contribution in [0, 0.1) is 0 Å². The molecule has 0 amide bonds. The maximum atomic E-state index is 8.90. The van der Waals surface area contributed by atoms with Crippen LogP contribution in [0.2, 0.25) is 0 Å². The zero-order valence-corrected chi connectivity index (χ0v) is 18.6. The van der Waals surface area contributed by atoms with E-state index < -0.39 is 0 Å². The van der Waals surface area contributed by atoms with Gasteiger partial charge in [-0.3, -0.25) is 0 Å². The highest BCUT2D eigenvalue weighted by Crippen LogP contribution is 1.90. The average molecular weight is 409 g/mol. The summed E-state index contributed by atoms with van der Waals surface area (Å²) in [5.74, 6) is 0. The Morgan fingerprint density at radius 3 is 0.714 bits per heavy atom. The summed E-state index contributed by atoms with van der Waals surface area (Å²) in [4.78, 5) is 0. The van der Waals surface area contributed by atoms with E-state index in [9.17, 15) is 0 Å². The van der Waals surface area contributed by atoms with E-state index in [4.69, 9.17) is 20.4 Å². The molecule has 0 aromatic rings. The Morgan fingerprint density at radius 2 is 0.607 bits per heavy atom. The summed E-state index contributed by atoms with van der Waals surface area (Å²) in [5.41, 5.74) is 0. The predicted octanol–water partition coefficient (Wildman–Crippen LogP) is -0.585. The van der Waals surface area contributed by atoms with Crippen molar-refractivity contribution in [3.8, 4) is 0 Å². The minimum atomic E-state index is 0.188. The number of aliphatic hydroxyl groups excluding tert-OH is 4. The first-order valence-electron chi connectivity index (χ1n) is 10.9. The van der Waals surface area contributed by atoms with Gasteiger partial charge < -0.3 is 41.7 Å². The lowest BCUT2D eigenvalue weighted by Gasteiger charge is -2.17. The summed E-state index contributed by atoms with van der Waals surface area (Å²) in [6.45, 7) is 12.3. The fraction of sp³-hybridized carbons (Fsp3) is 1.00. The number of nitrogens with one attached hydrogen (secondary N) is 4. The lowest BCUT2D eigenvalue weighted by atomic mass is 10.2. The van der Waals surface area contributed by atoms with Crippen molar-refractivity contribution in [1.29, 1.82) is 0 Å². The van der Waals surface area contributed by atoms with E-state index in [2.05, 4.69) is 21.3 Å². The molecule has 0 heterocycles. The van der Waals surface area contributed by atoms with Gasteiger partial charge in [-0.25, -0.2) is 0 Å². The second-order valence-electron chi connectivity index (χ2n) is 6.97. The van der Waals surface area contributed by atoms with Crippen LogP contribution in [0.5, 0.6) is 0 Å². The van der Waals surface area contributed by atoms with Gasteiger partial charge in [0.1, 0.15) is 0 Å². The first-order valence-corrected chi connectivity index (χ1v) is 10.9. The third-order valence-electron chi connectivity index (χ3n) is 4.83. The van der Waals surface area contributed by atoms with Crippen LogP contribution in [-0.4, -0.2) is 97.2 Å². The fourth-order valence-corrected chi connectivity index (χ4v) is 2.46. The van der Waals surface area contributed by atoms with E-state index in [-0.39, 0.29) is 50.6 Å². The van der Waals surface area contributed by atoms with Crippen molar-refractivity contribution in [3.05, 3.63) is 0 Å². The van der Waals surface area contributed by atoms with Crippen molar-refractivity contribution in [2.24, 2.45) is 0 Å². The third-order valence-corrected chi connectivity index (χ3v) is 4.83. The molecule has 0 aliphatic heterocycles. The van der Waals surface area contributed by atoms with E-state index in [1.54, 1.807) is 0 Å². The minimum Gasteiger partial charge on any atom is -0.395 e. The largest absolute Gasteiger partial charge is 0.395 e. The molecule has 8 nitrogen and oxygen atoms in total. The lowest BCUT2D eigenvalue weighted by molar-refractivity contribution is 0.229. The molecule has 0 fully saturated rings. The summed E-state index contributed by atoms with van der Waals surface area (Å²) in [7, 11) is 0. The van der Waals surface area contributed by atoms with Crippen LogP contribution in [0.3, 0.4) is 0 Å². The van der Waals surface area contributed by atoms with Gasteiger partial charge in [0.25, 0.3) is 0 Å². The van der Waals surface area contributed by atoms with Gasteiger partial charge in [0.15, 0.2) is 0 Å². The fourth-order valence-electron chi connectivity index (χ4n) is 2.46. The summed E-state index contributed by atoms with van der Waals surface area (Å²) < 4.78 is 0. The van der Waals surface area contributed by atoms with Gasteiger partial charge in [-0.2, -0.15) is 0 Å². The number of rotatable bonds is 18. The Labute approximate surface area is 172 Å². The Morgan fingerprint density at radius 1 is 0.429 bits per heavy atom. The number of aliphatic hydroxyl groups is 4. The first-order chi connectivity index (χ1) is 13.6. The Hall–Kier alpha value is -0.320. The quantitative estimate of drug-likeness (QED) is 0.141. The summed E-state index contributed by atoms with van der Waals surface area (Å²) in [5, 5.41) is 48.5. The van der Waals surface area contributed by atoms with Crippen LogP contribution in [0.15, 0.2) is 0 Å². The van der Waals surface area contributed by atoms with E-state index in [1.165, 1.54) is 0 Å². The first kappa shape index (κ1) is 29.9. The zero-order valence-electron chi connectivity index (χ0n) is 18.6. The maximum absolute atomic E-state index is 8.90. The molecule has 28 heavy (non-hydrogen) atoms. The molecule has 8 heteroatoms. The van der Waals surface area contributed by atoms with Gasteiger partial charge in [0, 0.05) is 50.3 Å². The molecule has 0 aromatic carbocycles. The summed E-state index contributed by atoms with van der Waals surface area (Å²) in [6.07, 6.45) is 3.75. The third kappa shape index (κ3) is 17.8. The Kier molecular flexibility index (Phi) is 24.5. The van der Waals surface area contributed by atoms with E-state index in [1.807, 2.05) is 27.7 Å². The molecule has 0 radical (unpaired) electrons. The molecule has 0 bridgehead atoms. The van der Waals surface area contributed by atoms with E-state index in [0.29, 0.717) is 0 Å². The molecule has 0 unspecified atom stereocenters. The molecule has 0 saturated heterocycles. The van der Waals surface area contributed by atoms with Crippen molar-refractivity contribution in [2.75, 3.05) is 52.6 Å². The van der Waals surface area contributed by atoms with Crippen molar-refractivity contribution >= 4 is 0 Å². The highest BCUT2D eigenvalue weighted by Gasteiger charge is 2.05. The van der Waals surface area contributed by atoms with Crippen molar-refractivity contribution in [2.45, 2.75) is 77.5 Å². The van der Waals surface area contributed by atoms with E-state index in [0.717, 1.165) is 51.9 Å². The zero-order chi connectivity index (χ0) is 21.6. The Bertz CT molecular complexity index is 229. The van der Waals surface area contributed by atoms with Gasteiger partial charge in [-0.1, -0.05) is 27.7 Å². The molecular weight excluding hydrogens is 360 g/mol. The van der Waals surface area contributed by atoms with E-state index >= 15 is 0 Å². The molecule has 0 aliphatic rings. The standard InChI is InChI=1S/2C10H24N2O2/c2*1-3-9(7-13)11-5-6-12-10(4-2)8-14/h2*9-14H,3-8H2,1-2H3/t2*9-,10-/m00/s1. The smallest absolute Gasteiger partial charge is 0.0584 e. The van der Waals surface area contributed by atoms with Crippen LogP contribution >= 0.6 is 0 Å². The van der Waals surface area contributed by atoms with Gasteiger partial charge in [0.05, 0.1) is 26.4 Å². The van der Waals surface area contributed by atoms with Crippen LogP contribution in [0.25, 0.3) is 0 Å². The molecule has 0 rings (SSSR count). The molecule has 0 saturated carbocycles. The molecule has 0 spiro atoms. The van der Waals surface area contributed by atoms with Crippen LogP contribution < -0.4 is 21.3 Å². The highest BCUT2D eigenvalue weighted by atomic mass is 16.3. The van der Waals surface area contributed by atoms with Crippen LogP contribution in [0.1, 0.15) is 53.4 Å². The number of hydrogen-bond acceptors (Lipinski definition) is 8. The number of hydrogen-bond donors (Lipinski definition) is 8. The van der Waals surface area contributed by atoms with Gasteiger partial charge in [-0.05, 0) is 25.7 Å². The summed E-state index contributed by atoms with van der Waals surface area (Å²) >= 11 is 0. The van der Waals surface area contributed by atoms with Crippen molar-refractivity contribution in [1.82, 2.24) is 21.3 Å². The second kappa shape index (κ2) is 23.0. The molecular formula is C20H48N4O4.